The van der Waals surface area contributed by atoms with Gasteiger partial charge in [0.2, 0.25) is 31.9 Å². The number of hydrogen-bond acceptors (Lipinski definition) is 16. The second-order valence-corrected chi connectivity index (χ2v) is 23.9. The van der Waals surface area contributed by atoms with E-state index < -0.39 is 20.0 Å². The molecular weight excluding hydrogens is 985 g/mol. The number of piperidine rings is 2. The summed E-state index contributed by atoms with van der Waals surface area (Å²) < 4.78 is 56.1. The van der Waals surface area contributed by atoms with E-state index in [0.717, 1.165) is 113 Å². The SMILES string of the molecule is Cc1cnc(Nc2ccc(N3CCN(C)CC3)cc2)nc1Nc1cccc(S(=O)(=O)N2CCCCC2)c1.Cc1cnc(Nc2ccc(N3CCN(C)CC3)cc2)nc1Nc1cccc(S(=O)(=O)N2CCCCC2C)c1. The third-order valence-electron chi connectivity index (χ3n) is 14.4. The zero-order valence-corrected chi connectivity index (χ0v) is 45.5. The Morgan fingerprint density at radius 2 is 0.920 bits per heavy atom. The fraction of sp³-hybridized carbons (Fsp3) is 0.418. The highest BCUT2D eigenvalue weighted by molar-refractivity contribution is 7.89. The van der Waals surface area contributed by atoms with Gasteiger partial charge in [0.1, 0.15) is 11.6 Å². The second-order valence-electron chi connectivity index (χ2n) is 20.1. The van der Waals surface area contributed by atoms with Crippen LogP contribution in [0.4, 0.5) is 57.7 Å². The van der Waals surface area contributed by atoms with Gasteiger partial charge in [-0.15, -0.1) is 0 Å². The molecule has 10 rings (SSSR count). The van der Waals surface area contributed by atoms with Crippen molar-refractivity contribution in [1.82, 2.24) is 38.3 Å². The molecule has 0 bridgehead atoms. The molecule has 18 nitrogen and oxygen atoms in total. The number of piperazine rings is 2. The number of nitrogens with zero attached hydrogens (tertiary/aromatic N) is 10. The molecule has 398 valence electrons. The summed E-state index contributed by atoms with van der Waals surface area (Å²) in [6, 6.07) is 30.6. The number of benzene rings is 4. The van der Waals surface area contributed by atoms with Crippen molar-refractivity contribution in [1.29, 1.82) is 0 Å². The standard InChI is InChI=1S/C28H37N7O2S.C27H35N7O2S/c1-21-20-29-28(31-23-10-12-25(13-11-23)34-17-15-33(3)16-18-34)32-27(21)30-24-8-6-9-26(19-24)38(36,37)35-14-5-4-7-22(35)2;1-21-20-28-27(30-22-9-11-24(12-10-22)33-17-15-32(2)16-18-33)31-26(21)29-23-7-6-8-25(19-23)37(35,36)34-13-4-3-5-14-34/h6,8-13,19-20,22H,4-5,7,14-18H2,1-3H3,(H2,29,30,31,32);6-12,19-20H,3-5,13-18H2,1-2H3,(H2,28,29,30,31). The lowest BCUT2D eigenvalue weighted by Gasteiger charge is -2.34. The van der Waals surface area contributed by atoms with E-state index >= 15 is 0 Å². The Hall–Kier alpha value is -6.42. The van der Waals surface area contributed by atoms with E-state index in [1.54, 1.807) is 57.4 Å². The van der Waals surface area contributed by atoms with Crippen LogP contribution in [0.25, 0.3) is 0 Å². The average molecular weight is 1060 g/mol. The first-order valence-corrected chi connectivity index (χ1v) is 29.1. The Kier molecular flexibility index (Phi) is 17.1. The van der Waals surface area contributed by atoms with Crippen LogP contribution in [0.15, 0.2) is 119 Å². The summed E-state index contributed by atoms with van der Waals surface area (Å²) >= 11 is 0. The minimum Gasteiger partial charge on any atom is -0.369 e. The molecule has 4 N–H and O–H groups in total. The summed E-state index contributed by atoms with van der Waals surface area (Å²) in [5, 5.41) is 13.1. The molecule has 6 heterocycles. The zero-order chi connectivity index (χ0) is 52.5. The van der Waals surface area contributed by atoms with E-state index in [1.165, 1.54) is 11.4 Å². The van der Waals surface area contributed by atoms with Gasteiger partial charge < -0.3 is 40.9 Å². The van der Waals surface area contributed by atoms with Gasteiger partial charge in [0.15, 0.2) is 0 Å². The summed E-state index contributed by atoms with van der Waals surface area (Å²) in [6.45, 7) is 15.9. The summed E-state index contributed by atoms with van der Waals surface area (Å²) in [4.78, 5) is 28.3. The van der Waals surface area contributed by atoms with Crippen LogP contribution in [-0.2, 0) is 20.0 Å². The van der Waals surface area contributed by atoms with Crippen LogP contribution >= 0.6 is 0 Å². The van der Waals surface area contributed by atoms with Crippen molar-refractivity contribution in [3.8, 4) is 0 Å². The molecule has 0 spiro atoms. The fourth-order valence-corrected chi connectivity index (χ4v) is 13.0. The van der Waals surface area contributed by atoms with Crippen LogP contribution in [0.2, 0.25) is 0 Å². The highest BCUT2D eigenvalue weighted by atomic mass is 32.2. The van der Waals surface area contributed by atoms with Gasteiger partial charge in [0, 0.05) is 136 Å². The van der Waals surface area contributed by atoms with Crippen LogP contribution in [0.5, 0.6) is 0 Å². The van der Waals surface area contributed by atoms with Gasteiger partial charge in [0.05, 0.1) is 9.79 Å². The second kappa shape index (κ2) is 24.1. The zero-order valence-electron chi connectivity index (χ0n) is 43.9. The van der Waals surface area contributed by atoms with Gasteiger partial charge in [-0.1, -0.05) is 25.0 Å². The molecule has 20 heteroatoms. The van der Waals surface area contributed by atoms with Crippen molar-refractivity contribution in [2.24, 2.45) is 0 Å². The van der Waals surface area contributed by atoms with E-state index in [1.807, 2.05) is 57.2 Å². The molecule has 4 aromatic carbocycles. The lowest BCUT2D eigenvalue weighted by Crippen LogP contribution is -2.44. The molecule has 4 aliphatic rings. The van der Waals surface area contributed by atoms with Gasteiger partial charge in [-0.25, -0.2) is 26.8 Å². The molecule has 4 aliphatic heterocycles. The first-order chi connectivity index (χ1) is 36.2. The molecule has 4 saturated heterocycles. The molecule has 4 fully saturated rings. The smallest absolute Gasteiger partial charge is 0.243 e. The Labute approximate surface area is 443 Å². The monoisotopic (exact) mass is 1060 g/mol. The van der Waals surface area contributed by atoms with E-state index in [2.05, 4.69) is 99.2 Å². The number of sulfonamides is 2. The summed E-state index contributed by atoms with van der Waals surface area (Å²) in [6.07, 6.45) is 9.27. The van der Waals surface area contributed by atoms with Gasteiger partial charge in [-0.2, -0.15) is 18.6 Å². The molecule has 0 saturated carbocycles. The van der Waals surface area contributed by atoms with Gasteiger partial charge >= 0.3 is 0 Å². The van der Waals surface area contributed by atoms with E-state index in [4.69, 9.17) is 0 Å². The molecular formula is C55H72N14O4S2. The third kappa shape index (κ3) is 13.5. The molecule has 0 aliphatic carbocycles. The summed E-state index contributed by atoms with van der Waals surface area (Å²) in [7, 11) is -2.75. The van der Waals surface area contributed by atoms with Gasteiger partial charge in [-0.05, 0) is 145 Å². The number of aromatic nitrogens is 4. The maximum atomic E-state index is 13.3. The summed E-state index contributed by atoms with van der Waals surface area (Å²) in [5.74, 6) is 2.19. The van der Waals surface area contributed by atoms with Crippen LogP contribution in [0.3, 0.4) is 0 Å². The van der Waals surface area contributed by atoms with Gasteiger partial charge in [0.25, 0.3) is 0 Å². The molecule has 6 aromatic rings. The highest BCUT2D eigenvalue weighted by Gasteiger charge is 2.31. The third-order valence-corrected chi connectivity index (χ3v) is 18.3. The average Bonchev–Trinajstić information content (AvgIpc) is 3.42. The predicted molar refractivity (Wildman–Crippen MR) is 302 cm³/mol. The van der Waals surface area contributed by atoms with E-state index in [9.17, 15) is 16.8 Å². The number of aryl methyl sites for hydroxylation is 2. The Bertz CT molecular complexity index is 3090. The molecule has 1 unspecified atom stereocenters. The van der Waals surface area contributed by atoms with Crippen molar-refractivity contribution in [3.05, 3.63) is 121 Å². The van der Waals surface area contributed by atoms with Crippen LogP contribution < -0.4 is 31.1 Å². The fourth-order valence-electron chi connectivity index (χ4n) is 9.72. The van der Waals surface area contributed by atoms with E-state index in [-0.39, 0.29) is 6.04 Å². The molecule has 2 aromatic heterocycles. The molecule has 75 heavy (non-hydrogen) atoms. The number of likely N-dealkylation sites (N-methyl/N-ethyl adjacent to an activating group) is 2. The van der Waals surface area contributed by atoms with Crippen molar-refractivity contribution < 1.29 is 16.8 Å². The van der Waals surface area contributed by atoms with Crippen molar-refractivity contribution in [2.75, 3.05) is 117 Å². The van der Waals surface area contributed by atoms with Crippen molar-refractivity contribution in [3.63, 3.8) is 0 Å². The number of rotatable bonds is 14. The number of hydrogen-bond donors (Lipinski definition) is 4. The predicted octanol–water partition coefficient (Wildman–Crippen LogP) is 8.79. The maximum Gasteiger partial charge on any atom is 0.243 e. The first kappa shape index (κ1) is 53.4. The first-order valence-electron chi connectivity index (χ1n) is 26.2. The van der Waals surface area contributed by atoms with Crippen molar-refractivity contribution >= 4 is 77.7 Å². The molecule has 0 amide bonds. The lowest BCUT2D eigenvalue weighted by molar-refractivity contribution is 0.268. The minimum absolute atomic E-state index is 0.0127. The quantitative estimate of drug-likeness (QED) is 0.0810. The van der Waals surface area contributed by atoms with Crippen molar-refractivity contribution in [2.45, 2.75) is 75.1 Å². The minimum atomic E-state index is -3.56. The normalized spacial score (nSPS) is 18.4. The highest BCUT2D eigenvalue weighted by Crippen LogP contribution is 2.30. The van der Waals surface area contributed by atoms with Gasteiger partial charge in [-0.3, -0.25) is 0 Å². The van der Waals surface area contributed by atoms with E-state index in [0.29, 0.717) is 64.3 Å². The number of anilines is 10. The van der Waals surface area contributed by atoms with Crippen LogP contribution in [-0.4, -0.2) is 147 Å². The Morgan fingerprint density at radius 1 is 0.480 bits per heavy atom. The molecule has 0 radical (unpaired) electrons. The largest absolute Gasteiger partial charge is 0.369 e. The number of nitrogens with one attached hydrogen (secondary N) is 4. The molecule has 1 atom stereocenters. The summed E-state index contributed by atoms with van der Waals surface area (Å²) in [5.41, 5.74) is 7.29. The van der Waals surface area contributed by atoms with Crippen LogP contribution in [0.1, 0.15) is 56.6 Å². The van der Waals surface area contributed by atoms with Crippen LogP contribution in [0, 0.1) is 13.8 Å². The maximum absolute atomic E-state index is 13.3. The lowest BCUT2D eigenvalue weighted by atomic mass is 10.1. The Balaban J connectivity index is 0.000000184. The Morgan fingerprint density at radius 3 is 1.37 bits per heavy atom. The topological polar surface area (TPSA) is 187 Å².